The van der Waals surface area contributed by atoms with Crippen molar-refractivity contribution in [2.75, 3.05) is 13.1 Å². The first-order valence-electron chi connectivity index (χ1n) is 7.14. The highest BCUT2D eigenvalue weighted by Gasteiger charge is 2.26. The van der Waals surface area contributed by atoms with E-state index in [1.54, 1.807) is 16.0 Å². The third kappa shape index (κ3) is 3.16. The van der Waals surface area contributed by atoms with Crippen molar-refractivity contribution in [2.45, 2.75) is 25.3 Å². The predicted octanol–water partition coefficient (Wildman–Crippen LogP) is 0.845. The molecule has 3 rings (SSSR count). The topological polar surface area (TPSA) is 94.1 Å². The van der Waals surface area contributed by atoms with Gasteiger partial charge in [-0.3, -0.25) is 9.59 Å². The molecule has 0 radical (unpaired) electrons. The molecular formula is C14H17N5O2S. The number of thiophene rings is 1. The van der Waals surface area contributed by atoms with Crippen molar-refractivity contribution in [3.63, 3.8) is 0 Å². The largest absolute Gasteiger partial charge is 0.363 e. The van der Waals surface area contributed by atoms with Gasteiger partial charge in [0.05, 0.1) is 12.5 Å². The molecule has 1 fully saturated rings. The van der Waals surface area contributed by atoms with Crippen LogP contribution in [0.25, 0.3) is 0 Å². The molecule has 1 aliphatic rings. The van der Waals surface area contributed by atoms with E-state index in [1.807, 2.05) is 22.4 Å². The molecule has 0 spiro atoms. The first-order chi connectivity index (χ1) is 10.6. The number of primary amides is 1. The number of aromatic nitrogens is 3. The van der Waals surface area contributed by atoms with Gasteiger partial charge in [-0.25, -0.2) is 9.67 Å². The monoisotopic (exact) mass is 319 g/mol. The van der Waals surface area contributed by atoms with E-state index in [9.17, 15) is 9.59 Å². The molecule has 2 aromatic heterocycles. The Kier molecular flexibility index (Phi) is 4.19. The quantitative estimate of drug-likeness (QED) is 0.903. The van der Waals surface area contributed by atoms with Crippen LogP contribution in [0.3, 0.4) is 0 Å². The average molecular weight is 319 g/mol. The minimum absolute atomic E-state index is 0.0158. The summed E-state index contributed by atoms with van der Waals surface area (Å²) in [5, 5.41) is 6.07. The van der Waals surface area contributed by atoms with Crippen molar-refractivity contribution in [1.82, 2.24) is 19.7 Å². The van der Waals surface area contributed by atoms with Gasteiger partial charge in [0.15, 0.2) is 0 Å². The number of piperidine rings is 1. The van der Waals surface area contributed by atoms with E-state index in [0.717, 1.165) is 24.3 Å². The lowest BCUT2D eigenvalue weighted by Crippen LogP contribution is -2.41. The molecule has 2 amide bonds. The van der Waals surface area contributed by atoms with Crippen molar-refractivity contribution < 1.29 is 9.59 Å². The third-order valence-electron chi connectivity index (χ3n) is 3.76. The molecule has 0 bridgehead atoms. The first-order valence-corrected chi connectivity index (χ1v) is 8.02. The standard InChI is InChI=1S/C14H17N5O2S/c15-13(21)14-16-9-19(17-14)10-3-1-5-18(8-10)12(20)7-11-4-2-6-22-11/h2,4,6,9-10H,1,3,5,7-8H2,(H2,15,21). The number of nitrogens with zero attached hydrogens (tertiary/aromatic N) is 4. The number of hydrogen-bond donors (Lipinski definition) is 1. The highest BCUT2D eigenvalue weighted by atomic mass is 32.1. The van der Waals surface area contributed by atoms with Gasteiger partial charge in [0.2, 0.25) is 11.7 Å². The molecule has 2 N–H and O–H groups in total. The van der Waals surface area contributed by atoms with Crippen LogP contribution in [-0.2, 0) is 11.2 Å². The Bertz CT molecular complexity index is 667. The van der Waals surface area contributed by atoms with Gasteiger partial charge in [0, 0.05) is 18.0 Å². The minimum Gasteiger partial charge on any atom is -0.363 e. The Labute approximate surface area is 131 Å². The van der Waals surface area contributed by atoms with Gasteiger partial charge in [0.1, 0.15) is 6.33 Å². The van der Waals surface area contributed by atoms with Gasteiger partial charge in [0.25, 0.3) is 5.91 Å². The fraction of sp³-hybridized carbons (Fsp3) is 0.429. The summed E-state index contributed by atoms with van der Waals surface area (Å²) in [5.74, 6) is -0.496. The molecule has 1 aliphatic heterocycles. The van der Waals surface area contributed by atoms with Crippen LogP contribution < -0.4 is 5.73 Å². The molecule has 3 heterocycles. The van der Waals surface area contributed by atoms with Gasteiger partial charge < -0.3 is 10.6 Å². The maximum atomic E-state index is 12.4. The van der Waals surface area contributed by atoms with Crippen molar-refractivity contribution in [3.05, 3.63) is 34.5 Å². The first kappa shape index (κ1) is 14.7. The second-order valence-electron chi connectivity index (χ2n) is 5.30. The Morgan fingerprint density at radius 1 is 1.45 bits per heavy atom. The summed E-state index contributed by atoms with van der Waals surface area (Å²) in [6, 6.07) is 3.97. The van der Waals surface area contributed by atoms with E-state index in [0.29, 0.717) is 13.0 Å². The predicted molar refractivity (Wildman–Crippen MR) is 81.4 cm³/mol. The molecule has 1 unspecified atom stereocenters. The van der Waals surface area contributed by atoms with Crippen molar-refractivity contribution >= 4 is 23.2 Å². The van der Waals surface area contributed by atoms with Gasteiger partial charge >= 0.3 is 0 Å². The highest BCUT2D eigenvalue weighted by molar-refractivity contribution is 7.10. The second-order valence-corrected chi connectivity index (χ2v) is 6.34. The van der Waals surface area contributed by atoms with Crippen LogP contribution >= 0.6 is 11.3 Å². The fourth-order valence-electron chi connectivity index (χ4n) is 2.63. The molecule has 0 aromatic carbocycles. The third-order valence-corrected chi connectivity index (χ3v) is 4.63. The van der Waals surface area contributed by atoms with Crippen LogP contribution in [0, 0.1) is 0 Å². The second kappa shape index (κ2) is 6.27. The lowest BCUT2D eigenvalue weighted by atomic mass is 10.1. The van der Waals surface area contributed by atoms with Crippen molar-refractivity contribution in [3.8, 4) is 0 Å². The molecule has 116 valence electrons. The Balaban J connectivity index is 1.65. The average Bonchev–Trinajstić information content (AvgIpc) is 3.18. The highest BCUT2D eigenvalue weighted by Crippen LogP contribution is 2.22. The van der Waals surface area contributed by atoms with Crippen LogP contribution in [0.1, 0.15) is 34.4 Å². The van der Waals surface area contributed by atoms with Crippen LogP contribution in [0.5, 0.6) is 0 Å². The smallest absolute Gasteiger partial charge is 0.288 e. The zero-order chi connectivity index (χ0) is 15.5. The van der Waals surface area contributed by atoms with E-state index in [2.05, 4.69) is 10.1 Å². The summed E-state index contributed by atoms with van der Waals surface area (Å²) < 4.78 is 1.64. The normalized spacial score (nSPS) is 18.4. The van der Waals surface area contributed by atoms with Crippen molar-refractivity contribution in [2.24, 2.45) is 5.73 Å². The SMILES string of the molecule is NC(=O)c1ncn(C2CCCN(C(=O)Cc3cccs3)C2)n1. The summed E-state index contributed by atoms with van der Waals surface area (Å²) in [6.45, 7) is 1.35. The van der Waals surface area contributed by atoms with Gasteiger partial charge in [-0.05, 0) is 24.3 Å². The summed E-state index contributed by atoms with van der Waals surface area (Å²) in [5.41, 5.74) is 5.17. The number of carbonyl (C=O) groups is 2. The summed E-state index contributed by atoms with van der Waals surface area (Å²) in [6.07, 6.45) is 3.77. The van der Waals surface area contributed by atoms with Crippen LogP contribution in [0.15, 0.2) is 23.8 Å². The fourth-order valence-corrected chi connectivity index (χ4v) is 3.33. The summed E-state index contributed by atoms with van der Waals surface area (Å²) in [4.78, 5) is 30.3. The van der Waals surface area contributed by atoms with Gasteiger partial charge in [-0.15, -0.1) is 16.4 Å². The van der Waals surface area contributed by atoms with Gasteiger partial charge in [-0.1, -0.05) is 6.07 Å². The number of carbonyl (C=O) groups excluding carboxylic acids is 2. The Hall–Kier alpha value is -2.22. The Morgan fingerprint density at radius 2 is 2.32 bits per heavy atom. The minimum atomic E-state index is -0.639. The molecule has 1 atom stereocenters. The lowest BCUT2D eigenvalue weighted by molar-refractivity contribution is -0.132. The zero-order valence-corrected chi connectivity index (χ0v) is 12.8. The number of rotatable bonds is 4. The van der Waals surface area contributed by atoms with Crippen molar-refractivity contribution in [1.29, 1.82) is 0 Å². The summed E-state index contributed by atoms with van der Waals surface area (Å²) in [7, 11) is 0. The molecule has 7 nitrogen and oxygen atoms in total. The molecule has 22 heavy (non-hydrogen) atoms. The number of hydrogen-bond acceptors (Lipinski definition) is 5. The van der Waals surface area contributed by atoms with E-state index in [-0.39, 0.29) is 17.8 Å². The van der Waals surface area contributed by atoms with Gasteiger partial charge in [-0.2, -0.15) is 0 Å². The van der Waals surface area contributed by atoms with Crippen LogP contribution in [-0.4, -0.2) is 44.6 Å². The maximum Gasteiger partial charge on any atom is 0.288 e. The number of nitrogens with two attached hydrogens (primary N) is 1. The number of amides is 2. The molecule has 8 heteroatoms. The summed E-state index contributed by atoms with van der Waals surface area (Å²) >= 11 is 1.59. The van der Waals surface area contributed by atoms with E-state index in [1.165, 1.54) is 6.33 Å². The molecular weight excluding hydrogens is 302 g/mol. The molecule has 0 saturated carbocycles. The Morgan fingerprint density at radius 3 is 3.00 bits per heavy atom. The van der Waals surface area contributed by atoms with Crippen LogP contribution in [0.2, 0.25) is 0 Å². The zero-order valence-electron chi connectivity index (χ0n) is 12.0. The van der Waals surface area contributed by atoms with Crippen LogP contribution in [0.4, 0.5) is 0 Å². The van der Waals surface area contributed by atoms with E-state index < -0.39 is 5.91 Å². The molecule has 1 saturated heterocycles. The maximum absolute atomic E-state index is 12.4. The number of likely N-dealkylation sites (tertiary alicyclic amines) is 1. The van der Waals surface area contributed by atoms with E-state index in [4.69, 9.17) is 5.73 Å². The van der Waals surface area contributed by atoms with E-state index >= 15 is 0 Å². The lowest BCUT2D eigenvalue weighted by Gasteiger charge is -2.32. The molecule has 0 aliphatic carbocycles. The molecule has 2 aromatic rings.